The molecule has 6 heteroatoms. The van der Waals surface area contributed by atoms with Gasteiger partial charge in [0.2, 0.25) is 5.95 Å². The zero-order valence-electron chi connectivity index (χ0n) is 16.8. The predicted molar refractivity (Wildman–Crippen MR) is 120 cm³/mol. The Labute approximate surface area is 180 Å². The van der Waals surface area contributed by atoms with Crippen LogP contribution in [0.4, 0.5) is 5.95 Å². The molecule has 0 spiro atoms. The molecule has 0 radical (unpaired) electrons. The molecule has 0 amide bonds. The molecular weight excluding hydrogens is 396 g/mol. The molecule has 0 aliphatic heterocycles. The van der Waals surface area contributed by atoms with E-state index in [0.717, 1.165) is 22.3 Å². The normalized spacial score (nSPS) is 10.8. The van der Waals surface area contributed by atoms with Crippen LogP contribution in [0.25, 0.3) is 11.4 Å². The van der Waals surface area contributed by atoms with Crippen molar-refractivity contribution in [3.8, 4) is 11.4 Å². The lowest BCUT2D eigenvalue weighted by Crippen LogP contribution is -2.18. The summed E-state index contributed by atoms with van der Waals surface area (Å²) >= 11 is 6.28. The van der Waals surface area contributed by atoms with Gasteiger partial charge in [-0.1, -0.05) is 77.8 Å². The first kappa shape index (κ1) is 19.9. The van der Waals surface area contributed by atoms with E-state index < -0.39 is 0 Å². The standard InChI is InChI=1S/C24H21ClN4O/c1-16-11-13-18(14-12-16)22-27-24(26-15-19-8-4-6-10-21(19)25)29(28-22)23(30)20-9-5-3-7-17(20)2/h3-14H,15H2,1-2H3,(H,26,27,28). The Morgan fingerprint density at radius 1 is 0.967 bits per heavy atom. The average Bonchev–Trinajstić information content (AvgIpc) is 3.18. The van der Waals surface area contributed by atoms with Crippen molar-refractivity contribution in [2.45, 2.75) is 20.4 Å². The van der Waals surface area contributed by atoms with E-state index in [2.05, 4.69) is 15.4 Å². The highest BCUT2D eigenvalue weighted by molar-refractivity contribution is 6.31. The van der Waals surface area contributed by atoms with Crippen LogP contribution in [-0.4, -0.2) is 20.7 Å². The average molecular weight is 417 g/mol. The number of carbonyl (C=O) groups is 1. The fraction of sp³-hybridized carbons (Fsp3) is 0.125. The van der Waals surface area contributed by atoms with Gasteiger partial charge in [0.1, 0.15) is 0 Å². The molecule has 0 aliphatic carbocycles. The van der Waals surface area contributed by atoms with Gasteiger partial charge in [0.15, 0.2) is 5.82 Å². The second kappa shape index (κ2) is 8.51. The molecule has 3 aromatic carbocycles. The van der Waals surface area contributed by atoms with Crippen molar-refractivity contribution in [1.82, 2.24) is 14.8 Å². The SMILES string of the molecule is Cc1ccc(-c2nc(NCc3ccccc3Cl)n(C(=O)c3ccccc3C)n2)cc1. The van der Waals surface area contributed by atoms with Crippen molar-refractivity contribution in [3.05, 3.63) is 100 Å². The summed E-state index contributed by atoms with van der Waals surface area (Å²) in [6.45, 7) is 4.35. The van der Waals surface area contributed by atoms with Gasteiger partial charge in [0.25, 0.3) is 5.91 Å². The Hall–Kier alpha value is -3.44. The molecular formula is C24H21ClN4O. The molecule has 0 bridgehead atoms. The summed E-state index contributed by atoms with van der Waals surface area (Å²) in [4.78, 5) is 17.9. The van der Waals surface area contributed by atoms with Crippen molar-refractivity contribution in [1.29, 1.82) is 0 Å². The van der Waals surface area contributed by atoms with Crippen molar-refractivity contribution >= 4 is 23.5 Å². The Morgan fingerprint density at radius 2 is 1.67 bits per heavy atom. The highest BCUT2D eigenvalue weighted by Crippen LogP contribution is 2.22. The lowest BCUT2D eigenvalue weighted by atomic mass is 10.1. The van der Waals surface area contributed by atoms with Crippen LogP contribution in [0.3, 0.4) is 0 Å². The van der Waals surface area contributed by atoms with Gasteiger partial charge in [-0.15, -0.1) is 5.10 Å². The van der Waals surface area contributed by atoms with Crippen molar-refractivity contribution < 1.29 is 4.79 Å². The maximum atomic E-state index is 13.3. The second-order valence-electron chi connectivity index (χ2n) is 7.10. The van der Waals surface area contributed by atoms with Crippen molar-refractivity contribution in [3.63, 3.8) is 0 Å². The number of anilines is 1. The van der Waals surface area contributed by atoms with E-state index in [1.165, 1.54) is 4.68 Å². The molecule has 30 heavy (non-hydrogen) atoms. The number of aryl methyl sites for hydroxylation is 2. The molecule has 0 saturated heterocycles. The highest BCUT2D eigenvalue weighted by Gasteiger charge is 2.20. The maximum Gasteiger partial charge on any atom is 0.281 e. The van der Waals surface area contributed by atoms with Gasteiger partial charge in [-0.2, -0.15) is 9.67 Å². The molecule has 0 fully saturated rings. The van der Waals surface area contributed by atoms with Gasteiger partial charge in [0.05, 0.1) is 0 Å². The smallest absolute Gasteiger partial charge is 0.281 e. The van der Waals surface area contributed by atoms with E-state index in [1.807, 2.05) is 80.6 Å². The van der Waals surface area contributed by atoms with Crippen LogP contribution in [0, 0.1) is 13.8 Å². The summed E-state index contributed by atoms with van der Waals surface area (Å²) in [5.41, 5.74) is 4.36. The van der Waals surface area contributed by atoms with Gasteiger partial charge in [-0.3, -0.25) is 4.79 Å². The third-order valence-corrected chi connectivity index (χ3v) is 5.25. The van der Waals surface area contributed by atoms with Gasteiger partial charge < -0.3 is 5.32 Å². The molecule has 4 aromatic rings. The quantitative estimate of drug-likeness (QED) is 0.465. The number of hydrogen-bond donors (Lipinski definition) is 1. The van der Waals surface area contributed by atoms with Crippen molar-refractivity contribution in [2.24, 2.45) is 0 Å². The summed E-state index contributed by atoms with van der Waals surface area (Å²) in [7, 11) is 0. The van der Waals surface area contributed by atoms with Crippen LogP contribution in [0.1, 0.15) is 27.0 Å². The molecule has 0 aliphatic rings. The molecule has 5 nitrogen and oxygen atoms in total. The van der Waals surface area contributed by atoms with E-state index in [1.54, 1.807) is 6.07 Å². The van der Waals surface area contributed by atoms with Crippen LogP contribution >= 0.6 is 11.6 Å². The summed E-state index contributed by atoms with van der Waals surface area (Å²) in [5.74, 6) is 0.623. The maximum absolute atomic E-state index is 13.3. The first-order valence-electron chi connectivity index (χ1n) is 9.64. The van der Waals surface area contributed by atoms with E-state index in [-0.39, 0.29) is 5.91 Å². The number of nitrogens with zero attached hydrogens (tertiary/aromatic N) is 3. The number of hydrogen-bond acceptors (Lipinski definition) is 4. The number of benzene rings is 3. The summed E-state index contributed by atoms with van der Waals surface area (Å²) in [6, 6.07) is 22.9. The first-order chi connectivity index (χ1) is 14.5. The Morgan fingerprint density at radius 3 is 2.40 bits per heavy atom. The minimum Gasteiger partial charge on any atom is -0.350 e. The van der Waals surface area contributed by atoms with Crippen LogP contribution in [0.15, 0.2) is 72.8 Å². The van der Waals surface area contributed by atoms with Crippen LogP contribution in [0.2, 0.25) is 5.02 Å². The second-order valence-corrected chi connectivity index (χ2v) is 7.51. The van der Waals surface area contributed by atoms with Gasteiger partial charge in [0, 0.05) is 22.7 Å². The first-order valence-corrected chi connectivity index (χ1v) is 10.0. The zero-order valence-corrected chi connectivity index (χ0v) is 17.5. The van der Waals surface area contributed by atoms with Crippen LogP contribution in [0.5, 0.6) is 0 Å². The number of aromatic nitrogens is 3. The van der Waals surface area contributed by atoms with Crippen molar-refractivity contribution in [2.75, 3.05) is 5.32 Å². The van der Waals surface area contributed by atoms with Gasteiger partial charge in [-0.05, 0) is 37.1 Å². The fourth-order valence-electron chi connectivity index (χ4n) is 3.14. The van der Waals surface area contributed by atoms with E-state index in [9.17, 15) is 4.79 Å². The lowest BCUT2D eigenvalue weighted by molar-refractivity contribution is 0.0947. The van der Waals surface area contributed by atoms with E-state index in [4.69, 9.17) is 11.6 Å². The zero-order chi connectivity index (χ0) is 21.1. The third-order valence-electron chi connectivity index (χ3n) is 4.88. The van der Waals surface area contributed by atoms with Gasteiger partial charge in [-0.25, -0.2) is 0 Å². The predicted octanol–water partition coefficient (Wildman–Crippen LogP) is 5.52. The minimum atomic E-state index is -0.236. The molecule has 4 rings (SSSR count). The lowest BCUT2D eigenvalue weighted by Gasteiger charge is -2.09. The Kier molecular flexibility index (Phi) is 5.63. The highest BCUT2D eigenvalue weighted by atomic mass is 35.5. The fourth-order valence-corrected chi connectivity index (χ4v) is 3.34. The molecule has 1 heterocycles. The van der Waals surface area contributed by atoms with E-state index >= 15 is 0 Å². The molecule has 150 valence electrons. The minimum absolute atomic E-state index is 0.236. The number of carbonyl (C=O) groups excluding carboxylic acids is 1. The molecule has 0 unspecified atom stereocenters. The van der Waals surface area contributed by atoms with Gasteiger partial charge >= 0.3 is 0 Å². The topological polar surface area (TPSA) is 59.8 Å². The largest absolute Gasteiger partial charge is 0.350 e. The molecule has 0 atom stereocenters. The van der Waals surface area contributed by atoms with Crippen LogP contribution in [-0.2, 0) is 6.54 Å². The number of rotatable bonds is 5. The third kappa shape index (κ3) is 4.11. The summed E-state index contributed by atoms with van der Waals surface area (Å²) in [6.07, 6.45) is 0. The van der Waals surface area contributed by atoms with E-state index in [0.29, 0.717) is 28.9 Å². The molecule has 1 aromatic heterocycles. The molecule has 0 saturated carbocycles. The molecule has 1 N–H and O–H groups in total. The summed E-state index contributed by atoms with van der Waals surface area (Å²) < 4.78 is 1.33. The number of nitrogens with one attached hydrogen (secondary N) is 1. The summed E-state index contributed by atoms with van der Waals surface area (Å²) in [5, 5.41) is 8.40. The Bertz CT molecular complexity index is 1200. The monoisotopic (exact) mass is 416 g/mol. The Balaban J connectivity index is 1.72. The van der Waals surface area contributed by atoms with Crippen LogP contribution < -0.4 is 5.32 Å². The number of halogens is 1.